The van der Waals surface area contributed by atoms with Gasteiger partial charge in [-0.25, -0.2) is 0 Å². The van der Waals surface area contributed by atoms with Crippen molar-refractivity contribution in [1.82, 2.24) is 5.32 Å². The van der Waals surface area contributed by atoms with E-state index in [-0.39, 0.29) is 17.7 Å². The zero-order valence-corrected chi connectivity index (χ0v) is 11.4. The number of nitrogens with one attached hydrogen (secondary N) is 2. The first kappa shape index (κ1) is 14.5. The first-order valence-corrected chi connectivity index (χ1v) is 6.11. The molecule has 0 aliphatic rings. The Balaban J connectivity index is 2.72. The lowest BCUT2D eigenvalue weighted by molar-refractivity contribution is -0.126. The van der Waals surface area contributed by atoms with E-state index in [1.165, 1.54) is 6.92 Å². The van der Waals surface area contributed by atoms with E-state index in [1.807, 2.05) is 13.8 Å². The molecule has 0 spiro atoms. The summed E-state index contributed by atoms with van der Waals surface area (Å²) in [6.07, 6.45) is 0. The number of rotatable bonds is 4. The molecule has 0 heterocycles. The maximum absolute atomic E-state index is 12.0. The van der Waals surface area contributed by atoms with Crippen molar-refractivity contribution in [2.24, 2.45) is 5.92 Å². The molecule has 1 aromatic rings. The van der Waals surface area contributed by atoms with Crippen molar-refractivity contribution in [2.75, 3.05) is 5.32 Å². The zero-order valence-electron chi connectivity index (χ0n) is 10.7. The Morgan fingerprint density at radius 2 is 1.72 bits per heavy atom. The lowest BCUT2D eigenvalue weighted by Gasteiger charge is -2.20. The van der Waals surface area contributed by atoms with Crippen LogP contribution >= 0.6 is 11.6 Å². The van der Waals surface area contributed by atoms with Gasteiger partial charge in [-0.2, -0.15) is 0 Å². The first-order valence-electron chi connectivity index (χ1n) is 5.73. The van der Waals surface area contributed by atoms with Crippen LogP contribution in [0.15, 0.2) is 24.3 Å². The van der Waals surface area contributed by atoms with Gasteiger partial charge in [-0.05, 0) is 30.2 Å². The van der Waals surface area contributed by atoms with Gasteiger partial charge in [0.25, 0.3) is 0 Å². The van der Waals surface area contributed by atoms with Gasteiger partial charge in [-0.1, -0.05) is 25.4 Å². The molecule has 0 saturated heterocycles. The van der Waals surface area contributed by atoms with Crippen molar-refractivity contribution in [2.45, 2.75) is 26.8 Å². The number of anilines is 1. The predicted molar refractivity (Wildman–Crippen MR) is 72.5 cm³/mol. The number of hydrogen-bond donors (Lipinski definition) is 2. The molecule has 0 aliphatic carbocycles. The van der Waals surface area contributed by atoms with Crippen molar-refractivity contribution in [3.05, 3.63) is 29.3 Å². The van der Waals surface area contributed by atoms with Crippen LogP contribution in [-0.2, 0) is 9.59 Å². The summed E-state index contributed by atoms with van der Waals surface area (Å²) < 4.78 is 0. The average Bonchev–Trinajstić information content (AvgIpc) is 2.28. The number of hydrogen-bond acceptors (Lipinski definition) is 2. The number of halogens is 1. The van der Waals surface area contributed by atoms with Gasteiger partial charge in [-0.15, -0.1) is 0 Å². The lowest BCUT2D eigenvalue weighted by atomic mass is 10.0. The summed E-state index contributed by atoms with van der Waals surface area (Å²) in [6.45, 7) is 5.15. The monoisotopic (exact) mass is 268 g/mol. The quantitative estimate of drug-likeness (QED) is 0.881. The third kappa shape index (κ3) is 4.37. The molecule has 0 bridgehead atoms. The Morgan fingerprint density at radius 1 is 1.17 bits per heavy atom. The highest BCUT2D eigenvalue weighted by Crippen LogP contribution is 2.14. The summed E-state index contributed by atoms with van der Waals surface area (Å²) in [7, 11) is 0. The second kappa shape index (κ2) is 6.40. The Bertz CT molecular complexity index is 429. The number of carbonyl (C=O) groups excluding carboxylic acids is 2. The fourth-order valence-electron chi connectivity index (χ4n) is 1.51. The van der Waals surface area contributed by atoms with Gasteiger partial charge in [0.2, 0.25) is 11.8 Å². The second-order valence-electron chi connectivity index (χ2n) is 4.42. The van der Waals surface area contributed by atoms with E-state index in [9.17, 15) is 9.59 Å². The van der Waals surface area contributed by atoms with Crippen molar-refractivity contribution < 1.29 is 9.59 Å². The Morgan fingerprint density at radius 3 is 2.17 bits per heavy atom. The van der Waals surface area contributed by atoms with Gasteiger partial charge in [-0.3, -0.25) is 9.59 Å². The Hall–Kier alpha value is -1.55. The molecule has 0 unspecified atom stereocenters. The molecular weight excluding hydrogens is 252 g/mol. The molecule has 0 aliphatic heterocycles. The van der Waals surface area contributed by atoms with E-state index >= 15 is 0 Å². The fraction of sp³-hybridized carbons (Fsp3) is 0.385. The minimum atomic E-state index is -0.543. The molecule has 2 amide bonds. The van der Waals surface area contributed by atoms with Gasteiger partial charge < -0.3 is 10.6 Å². The molecule has 1 rings (SSSR count). The van der Waals surface area contributed by atoms with Crippen LogP contribution in [0.25, 0.3) is 0 Å². The second-order valence-corrected chi connectivity index (χ2v) is 4.85. The SMILES string of the molecule is CC(=O)N[C@@H](C(=O)Nc1ccc(Cl)cc1)C(C)C. The topological polar surface area (TPSA) is 58.2 Å². The van der Waals surface area contributed by atoms with Gasteiger partial charge in [0, 0.05) is 17.6 Å². The molecule has 98 valence electrons. The molecule has 0 radical (unpaired) electrons. The lowest BCUT2D eigenvalue weighted by Crippen LogP contribution is -2.46. The third-order valence-electron chi connectivity index (χ3n) is 2.42. The Labute approximate surface area is 112 Å². The van der Waals surface area contributed by atoms with Crippen LogP contribution < -0.4 is 10.6 Å². The molecule has 2 N–H and O–H groups in total. The van der Waals surface area contributed by atoms with Crippen LogP contribution in [-0.4, -0.2) is 17.9 Å². The average molecular weight is 269 g/mol. The van der Waals surface area contributed by atoms with Crippen molar-refractivity contribution in [3.63, 3.8) is 0 Å². The van der Waals surface area contributed by atoms with Crippen molar-refractivity contribution >= 4 is 29.1 Å². The van der Waals surface area contributed by atoms with E-state index in [4.69, 9.17) is 11.6 Å². The maximum atomic E-state index is 12.0. The highest BCUT2D eigenvalue weighted by molar-refractivity contribution is 6.30. The minimum Gasteiger partial charge on any atom is -0.344 e. The summed E-state index contributed by atoms with van der Waals surface area (Å²) in [5.41, 5.74) is 0.653. The van der Waals surface area contributed by atoms with E-state index in [0.29, 0.717) is 10.7 Å². The predicted octanol–water partition coefficient (Wildman–Crippen LogP) is 2.44. The summed E-state index contributed by atoms with van der Waals surface area (Å²) in [4.78, 5) is 23.1. The van der Waals surface area contributed by atoms with E-state index in [2.05, 4.69) is 10.6 Å². The van der Waals surface area contributed by atoms with Crippen molar-refractivity contribution in [1.29, 1.82) is 0 Å². The number of benzene rings is 1. The van der Waals surface area contributed by atoms with Gasteiger partial charge in [0.1, 0.15) is 6.04 Å². The normalized spacial score (nSPS) is 12.1. The van der Waals surface area contributed by atoms with E-state index in [0.717, 1.165) is 0 Å². The van der Waals surface area contributed by atoms with Crippen LogP contribution in [0, 0.1) is 5.92 Å². The highest BCUT2D eigenvalue weighted by Gasteiger charge is 2.22. The van der Waals surface area contributed by atoms with E-state index < -0.39 is 6.04 Å². The fourth-order valence-corrected chi connectivity index (χ4v) is 1.63. The molecule has 18 heavy (non-hydrogen) atoms. The molecule has 1 aromatic carbocycles. The third-order valence-corrected chi connectivity index (χ3v) is 2.67. The molecule has 1 atom stereocenters. The molecule has 5 heteroatoms. The number of carbonyl (C=O) groups is 2. The maximum Gasteiger partial charge on any atom is 0.247 e. The van der Waals surface area contributed by atoms with Gasteiger partial charge >= 0.3 is 0 Å². The van der Waals surface area contributed by atoms with E-state index in [1.54, 1.807) is 24.3 Å². The molecular formula is C13H17ClN2O2. The van der Waals surface area contributed by atoms with Gasteiger partial charge in [0.05, 0.1) is 0 Å². The summed E-state index contributed by atoms with van der Waals surface area (Å²) >= 11 is 5.76. The van der Waals surface area contributed by atoms with Crippen LogP contribution in [0.4, 0.5) is 5.69 Å². The largest absolute Gasteiger partial charge is 0.344 e. The van der Waals surface area contributed by atoms with Crippen LogP contribution in [0.5, 0.6) is 0 Å². The Kier molecular flexibility index (Phi) is 5.16. The zero-order chi connectivity index (χ0) is 13.7. The molecule has 4 nitrogen and oxygen atoms in total. The summed E-state index contributed by atoms with van der Waals surface area (Å²) in [6, 6.07) is 6.27. The first-order chi connectivity index (χ1) is 8.40. The molecule has 0 fully saturated rings. The highest BCUT2D eigenvalue weighted by atomic mass is 35.5. The number of amides is 2. The van der Waals surface area contributed by atoms with Crippen molar-refractivity contribution in [3.8, 4) is 0 Å². The van der Waals surface area contributed by atoms with Crippen LogP contribution in [0.1, 0.15) is 20.8 Å². The molecule has 0 aromatic heterocycles. The standard InChI is InChI=1S/C13H17ClN2O2/c1-8(2)12(15-9(3)17)13(18)16-11-6-4-10(14)5-7-11/h4-8,12H,1-3H3,(H,15,17)(H,16,18)/t12-/m1/s1. The van der Waals surface area contributed by atoms with Crippen LogP contribution in [0.2, 0.25) is 5.02 Å². The molecule has 0 saturated carbocycles. The summed E-state index contributed by atoms with van der Waals surface area (Å²) in [5.74, 6) is -0.441. The minimum absolute atomic E-state index is 0.0150. The summed E-state index contributed by atoms with van der Waals surface area (Å²) in [5, 5.41) is 5.98. The van der Waals surface area contributed by atoms with Gasteiger partial charge in [0.15, 0.2) is 0 Å². The van der Waals surface area contributed by atoms with Crippen LogP contribution in [0.3, 0.4) is 0 Å². The smallest absolute Gasteiger partial charge is 0.247 e.